The summed E-state index contributed by atoms with van der Waals surface area (Å²) >= 11 is 0. The number of amides is 2. The summed E-state index contributed by atoms with van der Waals surface area (Å²) in [7, 11) is 0. The average Bonchev–Trinajstić information content (AvgIpc) is 3.55. The van der Waals surface area contributed by atoms with Crippen LogP contribution < -0.4 is 4.90 Å². The number of piperazine rings is 2. The van der Waals surface area contributed by atoms with Crippen LogP contribution in [-0.2, 0) is 9.59 Å². The average molecular weight is 370 g/mol. The maximum Gasteiger partial charge on any atom is 0.238 e. The lowest BCUT2D eigenvalue weighted by Crippen LogP contribution is -2.56. The van der Waals surface area contributed by atoms with Gasteiger partial charge >= 0.3 is 0 Å². The van der Waals surface area contributed by atoms with Crippen molar-refractivity contribution >= 4 is 17.5 Å². The van der Waals surface area contributed by atoms with Gasteiger partial charge in [0.1, 0.15) is 5.41 Å². The lowest BCUT2D eigenvalue weighted by atomic mass is 10.0. The SMILES string of the molecule is CCN1CCN(C(=O)C2(C(=O)N3CCN(c4ccccc4)CC3)CC2)CC1. The zero-order valence-corrected chi connectivity index (χ0v) is 16.3. The topological polar surface area (TPSA) is 47.1 Å². The van der Waals surface area contributed by atoms with Crippen LogP contribution in [0.25, 0.3) is 0 Å². The van der Waals surface area contributed by atoms with E-state index >= 15 is 0 Å². The standard InChI is InChI=1S/C21H30N4O2/c1-2-22-10-12-24(13-11-22)19(26)21(8-9-21)20(27)25-16-14-23(15-17-25)18-6-4-3-5-7-18/h3-7H,2,8-17H2,1H3. The Morgan fingerprint density at radius 2 is 1.33 bits per heavy atom. The largest absolute Gasteiger partial charge is 0.368 e. The van der Waals surface area contributed by atoms with E-state index < -0.39 is 5.41 Å². The molecule has 3 fully saturated rings. The Labute approximate surface area is 161 Å². The zero-order chi connectivity index (χ0) is 18.9. The normalized spacial score (nSPS) is 22.6. The van der Waals surface area contributed by atoms with E-state index in [0.29, 0.717) is 13.1 Å². The van der Waals surface area contributed by atoms with Gasteiger partial charge in [-0.1, -0.05) is 25.1 Å². The summed E-state index contributed by atoms with van der Waals surface area (Å²) < 4.78 is 0. The van der Waals surface area contributed by atoms with Gasteiger partial charge in [-0.15, -0.1) is 0 Å². The molecule has 1 aromatic rings. The summed E-state index contributed by atoms with van der Waals surface area (Å²) in [6.07, 6.45) is 1.44. The van der Waals surface area contributed by atoms with Crippen molar-refractivity contribution < 1.29 is 9.59 Å². The predicted octanol–water partition coefficient (Wildman–Crippen LogP) is 1.28. The van der Waals surface area contributed by atoms with Crippen LogP contribution in [0.2, 0.25) is 0 Å². The van der Waals surface area contributed by atoms with Crippen molar-refractivity contribution in [2.24, 2.45) is 5.41 Å². The van der Waals surface area contributed by atoms with Gasteiger partial charge in [0, 0.05) is 58.0 Å². The van der Waals surface area contributed by atoms with Crippen LogP contribution in [0.15, 0.2) is 30.3 Å². The fourth-order valence-corrected chi connectivity index (χ4v) is 4.32. The Hall–Kier alpha value is -2.08. The van der Waals surface area contributed by atoms with Crippen LogP contribution in [0.3, 0.4) is 0 Å². The molecule has 0 spiro atoms. The molecule has 0 bridgehead atoms. The lowest BCUT2D eigenvalue weighted by molar-refractivity contribution is -0.150. The minimum Gasteiger partial charge on any atom is -0.368 e. The molecule has 146 valence electrons. The highest BCUT2D eigenvalue weighted by molar-refractivity contribution is 6.08. The second-order valence-electron chi connectivity index (χ2n) is 7.92. The van der Waals surface area contributed by atoms with E-state index in [2.05, 4.69) is 28.9 Å². The number of carbonyl (C=O) groups excluding carboxylic acids is 2. The number of anilines is 1. The number of hydrogen-bond acceptors (Lipinski definition) is 4. The highest BCUT2D eigenvalue weighted by Crippen LogP contribution is 2.49. The third-order valence-corrected chi connectivity index (χ3v) is 6.36. The van der Waals surface area contributed by atoms with Gasteiger partial charge in [-0.25, -0.2) is 0 Å². The number of nitrogens with zero attached hydrogens (tertiary/aromatic N) is 4. The van der Waals surface area contributed by atoms with Gasteiger partial charge in [-0.3, -0.25) is 9.59 Å². The van der Waals surface area contributed by atoms with Gasteiger partial charge < -0.3 is 19.6 Å². The first-order valence-corrected chi connectivity index (χ1v) is 10.3. The van der Waals surface area contributed by atoms with E-state index in [1.165, 1.54) is 5.69 Å². The molecular weight excluding hydrogens is 340 g/mol. The molecule has 6 nitrogen and oxygen atoms in total. The summed E-state index contributed by atoms with van der Waals surface area (Å²) in [5.41, 5.74) is 0.458. The van der Waals surface area contributed by atoms with Crippen LogP contribution in [0.1, 0.15) is 19.8 Å². The van der Waals surface area contributed by atoms with Crippen LogP contribution in [0.5, 0.6) is 0 Å². The van der Waals surface area contributed by atoms with Crippen molar-refractivity contribution in [1.29, 1.82) is 0 Å². The molecule has 6 heteroatoms. The molecule has 0 unspecified atom stereocenters. The monoisotopic (exact) mass is 370 g/mol. The quantitative estimate of drug-likeness (QED) is 0.749. The molecule has 1 aromatic carbocycles. The Morgan fingerprint density at radius 1 is 0.815 bits per heavy atom. The minimum atomic E-state index is -0.747. The maximum absolute atomic E-state index is 13.2. The van der Waals surface area contributed by atoms with Crippen molar-refractivity contribution in [3.63, 3.8) is 0 Å². The van der Waals surface area contributed by atoms with Crippen molar-refractivity contribution in [2.45, 2.75) is 19.8 Å². The first-order chi connectivity index (χ1) is 13.1. The van der Waals surface area contributed by atoms with Gasteiger partial charge in [0.25, 0.3) is 0 Å². The second kappa shape index (κ2) is 7.50. The molecule has 0 atom stereocenters. The number of hydrogen-bond donors (Lipinski definition) is 0. The Kier molecular flexibility index (Phi) is 5.08. The summed E-state index contributed by atoms with van der Waals surface area (Å²) in [5, 5.41) is 0. The summed E-state index contributed by atoms with van der Waals surface area (Å²) in [6, 6.07) is 10.3. The molecule has 2 aliphatic heterocycles. The van der Waals surface area contributed by atoms with Crippen molar-refractivity contribution in [3.8, 4) is 0 Å². The maximum atomic E-state index is 13.2. The van der Waals surface area contributed by atoms with Crippen LogP contribution >= 0.6 is 0 Å². The Morgan fingerprint density at radius 3 is 1.81 bits per heavy atom. The number of benzene rings is 1. The second-order valence-corrected chi connectivity index (χ2v) is 7.92. The van der Waals surface area contributed by atoms with Crippen molar-refractivity contribution in [1.82, 2.24) is 14.7 Å². The summed E-state index contributed by atoms with van der Waals surface area (Å²) in [4.78, 5) is 34.8. The summed E-state index contributed by atoms with van der Waals surface area (Å²) in [5.74, 6) is 0.145. The number of para-hydroxylation sites is 1. The molecule has 0 aromatic heterocycles. The smallest absolute Gasteiger partial charge is 0.238 e. The third kappa shape index (κ3) is 3.55. The molecule has 27 heavy (non-hydrogen) atoms. The number of likely N-dealkylation sites (N-methyl/N-ethyl adjacent to an activating group) is 1. The molecule has 2 amide bonds. The zero-order valence-electron chi connectivity index (χ0n) is 16.3. The summed E-state index contributed by atoms with van der Waals surface area (Å²) in [6.45, 7) is 9.58. The first kappa shape index (κ1) is 18.3. The molecule has 2 heterocycles. The van der Waals surface area contributed by atoms with Crippen LogP contribution in [0.4, 0.5) is 5.69 Å². The Bertz CT molecular complexity index is 673. The van der Waals surface area contributed by atoms with E-state index in [9.17, 15) is 9.59 Å². The molecule has 1 saturated carbocycles. The molecule has 4 rings (SSSR count). The highest BCUT2D eigenvalue weighted by atomic mass is 16.2. The van der Waals surface area contributed by atoms with E-state index in [1.807, 2.05) is 28.0 Å². The molecule has 3 aliphatic rings. The van der Waals surface area contributed by atoms with Gasteiger partial charge in [0.15, 0.2) is 0 Å². The molecule has 0 radical (unpaired) electrons. The van der Waals surface area contributed by atoms with E-state index in [1.54, 1.807) is 0 Å². The minimum absolute atomic E-state index is 0.0677. The van der Waals surface area contributed by atoms with Crippen LogP contribution in [-0.4, -0.2) is 85.4 Å². The van der Waals surface area contributed by atoms with Crippen LogP contribution in [0, 0.1) is 5.41 Å². The fraction of sp³-hybridized carbons (Fsp3) is 0.619. The van der Waals surface area contributed by atoms with Gasteiger partial charge in [0.2, 0.25) is 11.8 Å². The molecular formula is C21H30N4O2. The number of rotatable bonds is 4. The molecule has 1 aliphatic carbocycles. The fourth-order valence-electron chi connectivity index (χ4n) is 4.32. The third-order valence-electron chi connectivity index (χ3n) is 6.36. The van der Waals surface area contributed by atoms with Crippen molar-refractivity contribution in [3.05, 3.63) is 30.3 Å². The molecule has 2 saturated heterocycles. The van der Waals surface area contributed by atoms with Gasteiger partial charge in [-0.05, 0) is 31.5 Å². The van der Waals surface area contributed by atoms with Crippen molar-refractivity contribution in [2.75, 3.05) is 63.8 Å². The molecule has 0 N–H and O–H groups in total. The highest BCUT2D eigenvalue weighted by Gasteiger charge is 2.59. The Balaban J connectivity index is 1.35. The van der Waals surface area contributed by atoms with E-state index in [4.69, 9.17) is 0 Å². The van der Waals surface area contributed by atoms with Gasteiger partial charge in [0.05, 0.1) is 0 Å². The predicted molar refractivity (Wildman–Crippen MR) is 106 cm³/mol. The lowest BCUT2D eigenvalue weighted by Gasteiger charge is -2.39. The van der Waals surface area contributed by atoms with E-state index in [0.717, 1.165) is 58.7 Å². The number of carbonyl (C=O) groups is 2. The van der Waals surface area contributed by atoms with Gasteiger partial charge in [-0.2, -0.15) is 0 Å². The van der Waals surface area contributed by atoms with E-state index in [-0.39, 0.29) is 11.8 Å². The first-order valence-electron chi connectivity index (χ1n) is 10.3.